The van der Waals surface area contributed by atoms with Crippen LogP contribution in [0.3, 0.4) is 0 Å². The van der Waals surface area contributed by atoms with E-state index in [1.165, 1.54) is 30.9 Å². The summed E-state index contributed by atoms with van der Waals surface area (Å²) in [5.74, 6) is 1.77. The van der Waals surface area contributed by atoms with Gasteiger partial charge in [0.15, 0.2) is 5.17 Å². The van der Waals surface area contributed by atoms with Crippen molar-refractivity contribution in [1.29, 1.82) is 0 Å². The van der Waals surface area contributed by atoms with Gasteiger partial charge in [0, 0.05) is 11.8 Å². The molecule has 1 saturated carbocycles. The van der Waals surface area contributed by atoms with Crippen molar-refractivity contribution in [2.45, 2.75) is 44.8 Å². The summed E-state index contributed by atoms with van der Waals surface area (Å²) in [6.45, 7) is 6.77. The molecule has 0 amide bonds. The molecule has 0 radical (unpaired) electrons. The van der Waals surface area contributed by atoms with E-state index >= 15 is 0 Å². The summed E-state index contributed by atoms with van der Waals surface area (Å²) in [4.78, 5) is 4.49. The molecule has 15 heavy (non-hydrogen) atoms. The zero-order valence-electron chi connectivity index (χ0n) is 9.83. The van der Waals surface area contributed by atoms with E-state index in [0.29, 0.717) is 5.25 Å². The smallest absolute Gasteiger partial charge is 0.156 e. The van der Waals surface area contributed by atoms with Gasteiger partial charge in [0.05, 0.1) is 6.54 Å². The summed E-state index contributed by atoms with van der Waals surface area (Å²) in [7, 11) is 0. The van der Waals surface area contributed by atoms with Gasteiger partial charge in [0.25, 0.3) is 0 Å². The Morgan fingerprint density at radius 3 is 2.80 bits per heavy atom. The van der Waals surface area contributed by atoms with Crippen LogP contribution >= 0.6 is 11.8 Å². The molecule has 3 unspecified atom stereocenters. The summed E-state index contributed by atoms with van der Waals surface area (Å²) in [6, 6.07) is 0. The Balaban J connectivity index is 1.73. The normalized spacial score (nSPS) is 36.4. The maximum absolute atomic E-state index is 4.49. The molecule has 2 nitrogen and oxygen atoms in total. The Morgan fingerprint density at radius 2 is 2.13 bits per heavy atom. The second kappa shape index (κ2) is 5.24. The Hall–Kier alpha value is -0.180. The molecular weight excluding hydrogens is 204 g/mol. The molecule has 0 aromatic carbocycles. The van der Waals surface area contributed by atoms with Crippen molar-refractivity contribution < 1.29 is 0 Å². The van der Waals surface area contributed by atoms with Gasteiger partial charge in [0.1, 0.15) is 0 Å². The lowest BCUT2D eigenvalue weighted by molar-refractivity contribution is 0.257. The first-order chi connectivity index (χ1) is 7.25. The van der Waals surface area contributed by atoms with Crippen molar-refractivity contribution in [2.24, 2.45) is 16.8 Å². The second-order valence-corrected chi connectivity index (χ2v) is 6.40. The van der Waals surface area contributed by atoms with E-state index < -0.39 is 0 Å². The van der Waals surface area contributed by atoms with Crippen LogP contribution in [0.4, 0.5) is 0 Å². The molecule has 2 rings (SSSR count). The van der Waals surface area contributed by atoms with Crippen LogP contribution in [0.15, 0.2) is 4.99 Å². The van der Waals surface area contributed by atoms with Crippen LogP contribution in [0, 0.1) is 11.8 Å². The molecule has 0 bridgehead atoms. The SMILES string of the molecule is CC1CN=C(NCC2CCCCC2C)S1. The highest BCUT2D eigenvalue weighted by Gasteiger charge is 2.22. The van der Waals surface area contributed by atoms with Gasteiger partial charge >= 0.3 is 0 Å². The van der Waals surface area contributed by atoms with Crippen molar-refractivity contribution in [3.05, 3.63) is 0 Å². The molecule has 1 aliphatic heterocycles. The van der Waals surface area contributed by atoms with Gasteiger partial charge in [-0.3, -0.25) is 4.99 Å². The Kier molecular flexibility index (Phi) is 3.95. The fourth-order valence-electron chi connectivity index (χ4n) is 2.49. The van der Waals surface area contributed by atoms with Crippen molar-refractivity contribution >= 4 is 16.9 Å². The molecule has 1 N–H and O–H groups in total. The maximum atomic E-state index is 4.49. The summed E-state index contributed by atoms with van der Waals surface area (Å²) in [5, 5.41) is 5.38. The van der Waals surface area contributed by atoms with Crippen molar-refractivity contribution in [1.82, 2.24) is 5.32 Å². The molecule has 0 saturated heterocycles. The van der Waals surface area contributed by atoms with Gasteiger partial charge in [-0.1, -0.05) is 44.9 Å². The Morgan fingerprint density at radius 1 is 1.33 bits per heavy atom. The zero-order valence-corrected chi connectivity index (χ0v) is 10.6. The average Bonchev–Trinajstić information content (AvgIpc) is 2.63. The Labute approximate surface area is 97.3 Å². The zero-order chi connectivity index (χ0) is 10.7. The third-order valence-electron chi connectivity index (χ3n) is 3.61. The van der Waals surface area contributed by atoms with Crippen LogP contribution in [0.5, 0.6) is 0 Å². The molecule has 1 fully saturated rings. The van der Waals surface area contributed by atoms with E-state index in [-0.39, 0.29) is 0 Å². The molecule has 86 valence electrons. The van der Waals surface area contributed by atoms with Gasteiger partial charge in [-0.15, -0.1) is 0 Å². The van der Waals surface area contributed by atoms with Crippen LogP contribution < -0.4 is 5.32 Å². The molecule has 3 atom stereocenters. The number of hydrogen-bond acceptors (Lipinski definition) is 3. The lowest BCUT2D eigenvalue weighted by Crippen LogP contribution is -2.31. The average molecular weight is 226 g/mol. The molecule has 3 heteroatoms. The lowest BCUT2D eigenvalue weighted by Gasteiger charge is -2.29. The first-order valence-corrected chi connectivity index (χ1v) is 7.08. The fourth-order valence-corrected chi connectivity index (χ4v) is 3.33. The van der Waals surface area contributed by atoms with Crippen molar-refractivity contribution in [3.8, 4) is 0 Å². The van der Waals surface area contributed by atoms with Gasteiger partial charge in [-0.05, 0) is 18.3 Å². The lowest BCUT2D eigenvalue weighted by atomic mass is 9.80. The first kappa shape index (κ1) is 11.3. The molecule has 2 aliphatic rings. The quantitative estimate of drug-likeness (QED) is 0.783. The number of hydrogen-bond donors (Lipinski definition) is 1. The molecule has 0 spiro atoms. The summed E-state index contributed by atoms with van der Waals surface area (Å²) in [6.07, 6.45) is 5.68. The highest BCUT2D eigenvalue weighted by molar-refractivity contribution is 8.14. The van der Waals surface area contributed by atoms with Crippen molar-refractivity contribution in [3.63, 3.8) is 0 Å². The first-order valence-electron chi connectivity index (χ1n) is 6.20. The van der Waals surface area contributed by atoms with E-state index in [1.54, 1.807) is 0 Å². The predicted octanol–water partition coefficient (Wildman–Crippen LogP) is 2.89. The number of rotatable bonds is 2. The molecule has 1 heterocycles. The minimum Gasteiger partial charge on any atom is -0.365 e. The second-order valence-electron chi connectivity index (χ2n) is 4.98. The van der Waals surface area contributed by atoms with Crippen LogP contribution in [-0.2, 0) is 0 Å². The summed E-state index contributed by atoms with van der Waals surface area (Å²) in [5.41, 5.74) is 0. The predicted molar refractivity (Wildman–Crippen MR) is 68.5 cm³/mol. The monoisotopic (exact) mass is 226 g/mol. The van der Waals surface area contributed by atoms with Crippen molar-refractivity contribution in [2.75, 3.05) is 13.1 Å². The van der Waals surface area contributed by atoms with Crippen LogP contribution in [0.25, 0.3) is 0 Å². The van der Waals surface area contributed by atoms with Crippen LogP contribution in [-0.4, -0.2) is 23.5 Å². The standard InChI is InChI=1S/C12H22N2S/c1-9-5-3-4-6-11(9)8-14-12-13-7-10(2)15-12/h9-11H,3-8H2,1-2H3,(H,13,14). The Bertz CT molecular complexity index is 240. The van der Waals surface area contributed by atoms with E-state index in [0.717, 1.165) is 24.9 Å². The van der Waals surface area contributed by atoms with Gasteiger partial charge in [-0.25, -0.2) is 0 Å². The minimum absolute atomic E-state index is 0.677. The van der Waals surface area contributed by atoms with E-state index in [9.17, 15) is 0 Å². The summed E-state index contributed by atoms with van der Waals surface area (Å²) < 4.78 is 0. The largest absolute Gasteiger partial charge is 0.365 e. The number of amidine groups is 1. The number of nitrogens with zero attached hydrogens (tertiary/aromatic N) is 1. The number of thioether (sulfide) groups is 1. The molecule has 0 aromatic heterocycles. The van der Waals surface area contributed by atoms with E-state index in [4.69, 9.17) is 0 Å². The van der Waals surface area contributed by atoms with Gasteiger partial charge < -0.3 is 5.32 Å². The highest BCUT2D eigenvalue weighted by atomic mass is 32.2. The van der Waals surface area contributed by atoms with Gasteiger partial charge in [0.2, 0.25) is 0 Å². The molecule has 0 aromatic rings. The van der Waals surface area contributed by atoms with E-state index in [1.807, 2.05) is 11.8 Å². The number of aliphatic imine (C=N–C) groups is 1. The topological polar surface area (TPSA) is 24.4 Å². The highest BCUT2D eigenvalue weighted by Crippen LogP contribution is 2.29. The van der Waals surface area contributed by atoms with E-state index in [2.05, 4.69) is 24.2 Å². The summed E-state index contributed by atoms with van der Waals surface area (Å²) >= 11 is 1.89. The molecular formula is C12H22N2S. The van der Waals surface area contributed by atoms with Crippen LogP contribution in [0.2, 0.25) is 0 Å². The third-order valence-corrected chi connectivity index (χ3v) is 4.66. The minimum atomic E-state index is 0.677. The fraction of sp³-hybridized carbons (Fsp3) is 0.917. The van der Waals surface area contributed by atoms with Gasteiger partial charge in [-0.2, -0.15) is 0 Å². The number of nitrogens with one attached hydrogen (secondary N) is 1. The molecule has 1 aliphatic carbocycles. The maximum Gasteiger partial charge on any atom is 0.156 e. The van der Waals surface area contributed by atoms with Crippen LogP contribution in [0.1, 0.15) is 39.5 Å². The third kappa shape index (κ3) is 3.13.